The van der Waals surface area contributed by atoms with Crippen LogP contribution in [0.4, 0.5) is 4.79 Å². The van der Waals surface area contributed by atoms with Gasteiger partial charge < -0.3 is 33.2 Å². The Morgan fingerprint density at radius 1 is 0.902 bits per heavy atom. The van der Waals surface area contributed by atoms with Crippen molar-refractivity contribution >= 4 is 18.0 Å². The van der Waals surface area contributed by atoms with E-state index >= 15 is 0 Å². The number of rotatable bonds is 9. The molecule has 1 saturated heterocycles. The number of methoxy groups -OCH3 is 1. The molecule has 0 aromatic heterocycles. The largest absolute Gasteiger partial charge is 0.467 e. The Morgan fingerprint density at radius 2 is 1.46 bits per heavy atom. The minimum atomic E-state index is -1.01. The van der Waals surface area contributed by atoms with E-state index in [1.54, 1.807) is 0 Å². The van der Waals surface area contributed by atoms with Gasteiger partial charge in [0.25, 0.3) is 0 Å². The molecule has 12 heteroatoms. The molecule has 1 aliphatic carbocycles. The van der Waals surface area contributed by atoms with E-state index in [-0.39, 0.29) is 18.4 Å². The highest BCUT2D eigenvalue weighted by molar-refractivity contribution is 5.81. The van der Waals surface area contributed by atoms with Crippen LogP contribution >= 0.6 is 0 Å². The van der Waals surface area contributed by atoms with Crippen molar-refractivity contribution < 1.29 is 47.5 Å². The van der Waals surface area contributed by atoms with Gasteiger partial charge in [0.15, 0.2) is 6.73 Å². The van der Waals surface area contributed by atoms with Crippen molar-refractivity contribution in [2.45, 2.75) is 65.5 Å². The Labute approximate surface area is 245 Å². The summed E-state index contributed by atoms with van der Waals surface area (Å²) in [7, 11) is 1.28. The lowest BCUT2D eigenvalue weighted by Crippen LogP contribution is -2.50. The average Bonchev–Trinajstić information content (AvgIpc) is 2.94. The van der Waals surface area contributed by atoms with Gasteiger partial charge in [-0.1, -0.05) is 27.2 Å². The van der Waals surface area contributed by atoms with Crippen LogP contribution in [-0.4, -0.2) is 126 Å². The van der Waals surface area contributed by atoms with Gasteiger partial charge in [0.2, 0.25) is 0 Å². The van der Waals surface area contributed by atoms with Gasteiger partial charge >= 0.3 is 18.0 Å². The number of hydrogen-bond acceptors (Lipinski definition) is 11. The van der Waals surface area contributed by atoms with Crippen molar-refractivity contribution in [3.8, 4) is 0 Å². The molecule has 0 spiro atoms. The third-order valence-electron chi connectivity index (χ3n) is 7.64. The Kier molecular flexibility index (Phi) is 17.2. The van der Waals surface area contributed by atoms with E-state index in [4.69, 9.17) is 33.2 Å². The molecule has 0 aromatic carbocycles. The smallest absolute Gasteiger partial charge is 0.413 e. The minimum Gasteiger partial charge on any atom is -0.467 e. The molecule has 1 aliphatic heterocycles. The van der Waals surface area contributed by atoms with Crippen LogP contribution in [0.15, 0.2) is 0 Å². The lowest BCUT2D eigenvalue weighted by atomic mass is 9.75. The van der Waals surface area contributed by atoms with Crippen LogP contribution in [-0.2, 0) is 42.7 Å². The lowest BCUT2D eigenvalue weighted by molar-refractivity contribution is -0.156. The summed E-state index contributed by atoms with van der Waals surface area (Å²) in [5.74, 6) is -0.181. The van der Waals surface area contributed by atoms with E-state index in [1.165, 1.54) is 18.9 Å². The fraction of sp³-hybridized carbons (Fsp3) is 0.897. The molecule has 1 saturated carbocycles. The predicted molar refractivity (Wildman–Crippen MR) is 150 cm³/mol. The van der Waals surface area contributed by atoms with Gasteiger partial charge in [-0.15, -0.1) is 0 Å². The second kappa shape index (κ2) is 20.0. The number of ether oxygens (including phenoxy) is 7. The maximum absolute atomic E-state index is 13.6. The van der Waals surface area contributed by atoms with Crippen molar-refractivity contribution in [1.29, 1.82) is 0 Å². The van der Waals surface area contributed by atoms with Crippen LogP contribution in [0.25, 0.3) is 0 Å². The van der Waals surface area contributed by atoms with Crippen molar-refractivity contribution in [3.05, 3.63) is 0 Å². The first-order valence-corrected chi connectivity index (χ1v) is 14.9. The molecule has 1 heterocycles. The summed E-state index contributed by atoms with van der Waals surface area (Å²) in [6, 6.07) is -1.01. The summed E-state index contributed by atoms with van der Waals surface area (Å²) in [4.78, 5) is 41.6. The normalized spacial score (nSPS) is 24.9. The molecule has 4 atom stereocenters. The maximum Gasteiger partial charge on any atom is 0.413 e. The van der Waals surface area contributed by atoms with E-state index in [0.717, 1.165) is 19.3 Å². The summed E-state index contributed by atoms with van der Waals surface area (Å²) in [6.07, 6.45) is 2.09. The molecule has 0 bridgehead atoms. The third-order valence-corrected chi connectivity index (χ3v) is 7.64. The van der Waals surface area contributed by atoms with Crippen LogP contribution in [0.1, 0.15) is 53.4 Å². The molecule has 4 unspecified atom stereocenters. The molecule has 0 aromatic rings. The van der Waals surface area contributed by atoms with Gasteiger partial charge in [-0.25, -0.2) is 9.59 Å². The second-order valence-electron chi connectivity index (χ2n) is 11.1. The highest BCUT2D eigenvalue weighted by atomic mass is 16.6. The van der Waals surface area contributed by atoms with Crippen molar-refractivity contribution in [2.75, 3.05) is 86.3 Å². The predicted octanol–water partition coefficient (Wildman–Crippen LogP) is 2.72. The molecular weight excluding hydrogens is 536 g/mol. The molecule has 238 valence electrons. The summed E-state index contributed by atoms with van der Waals surface area (Å²) in [6.45, 7) is 12.8. The fourth-order valence-electron chi connectivity index (χ4n) is 5.20. The molecule has 12 nitrogen and oxygen atoms in total. The third kappa shape index (κ3) is 13.7. The first-order chi connectivity index (χ1) is 19.7. The van der Waals surface area contributed by atoms with Crippen LogP contribution in [0.2, 0.25) is 0 Å². The van der Waals surface area contributed by atoms with Gasteiger partial charge in [0.05, 0.1) is 60.0 Å². The first-order valence-electron chi connectivity index (χ1n) is 14.9. The SMILES string of the molecule is COC(=O)C(CCN1CCOCCOCCOCCOCC1)N(COC(C)=O)C(=O)OC1CC(C)CCC1C(C)C. The fourth-order valence-corrected chi connectivity index (χ4v) is 5.20. The van der Waals surface area contributed by atoms with Crippen LogP contribution in [0.3, 0.4) is 0 Å². The Hall–Kier alpha value is -1.99. The lowest BCUT2D eigenvalue weighted by Gasteiger charge is -2.38. The van der Waals surface area contributed by atoms with Crippen molar-refractivity contribution in [1.82, 2.24) is 9.80 Å². The number of carbonyl (C=O) groups excluding carboxylic acids is 3. The summed E-state index contributed by atoms with van der Waals surface area (Å²) in [5.41, 5.74) is 0. The number of carbonyl (C=O) groups is 3. The van der Waals surface area contributed by atoms with Crippen LogP contribution in [0, 0.1) is 17.8 Å². The minimum absolute atomic E-state index is 0.221. The standard InChI is InChI=1S/C29H52N2O10/c1-22(2)25-7-6-23(3)20-27(25)41-29(34)31(21-40-24(4)32)26(28(33)35-5)8-9-30-10-12-36-14-16-38-18-19-39-17-15-37-13-11-30/h22-23,25-27H,6-21H2,1-5H3. The summed E-state index contributed by atoms with van der Waals surface area (Å²) in [5, 5.41) is 0. The van der Waals surface area contributed by atoms with Crippen LogP contribution < -0.4 is 0 Å². The van der Waals surface area contributed by atoms with E-state index < -0.39 is 30.8 Å². The molecular formula is C29H52N2O10. The first kappa shape index (κ1) is 35.2. The molecule has 2 rings (SSSR count). The zero-order valence-corrected chi connectivity index (χ0v) is 25.7. The zero-order valence-electron chi connectivity index (χ0n) is 25.7. The van der Waals surface area contributed by atoms with Gasteiger partial charge in [-0.05, 0) is 37.0 Å². The van der Waals surface area contributed by atoms with E-state index in [0.29, 0.717) is 84.3 Å². The van der Waals surface area contributed by atoms with Gasteiger partial charge in [0, 0.05) is 26.6 Å². The summed E-state index contributed by atoms with van der Waals surface area (Å²) < 4.78 is 38.7. The van der Waals surface area contributed by atoms with E-state index in [1.807, 2.05) is 0 Å². The monoisotopic (exact) mass is 588 g/mol. The highest BCUT2D eigenvalue weighted by Gasteiger charge is 2.38. The van der Waals surface area contributed by atoms with Gasteiger partial charge in [-0.2, -0.15) is 0 Å². The summed E-state index contributed by atoms with van der Waals surface area (Å²) >= 11 is 0. The number of nitrogens with zero attached hydrogens (tertiary/aromatic N) is 2. The molecule has 41 heavy (non-hydrogen) atoms. The number of esters is 2. The quantitative estimate of drug-likeness (QED) is 0.224. The average molecular weight is 589 g/mol. The highest BCUT2D eigenvalue weighted by Crippen LogP contribution is 2.35. The van der Waals surface area contributed by atoms with E-state index in [9.17, 15) is 14.4 Å². The van der Waals surface area contributed by atoms with E-state index in [2.05, 4.69) is 25.7 Å². The van der Waals surface area contributed by atoms with Crippen LogP contribution in [0.5, 0.6) is 0 Å². The number of amides is 1. The van der Waals surface area contributed by atoms with Crippen molar-refractivity contribution in [2.24, 2.45) is 17.8 Å². The Morgan fingerprint density at radius 3 is 1.98 bits per heavy atom. The molecule has 2 aliphatic rings. The molecule has 0 N–H and O–H groups in total. The Bertz CT molecular complexity index is 752. The second-order valence-corrected chi connectivity index (χ2v) is 11.1. The molecule has 2 fully saturated rings. The molecule has 0 radical (unpaired) electrons. The van der Waals surface area contributed by atoms with Gasteiger partial charge in [0.1, 0.15) is 12.1 Å². The van der Waals surface area contributed by atoms with Crippen molar-refractivity contribution in [3.63, 3.8) is 0 Å². The Balaban J connectivity index is 2.13. The topological polar surface area (TPSA) is 122 Å². The van der Waals surface area contributed by atoms with Gasteiger partial charge in [-0.3, -0.25) is 14.6 Å². The maximum atomic E-state index is 13.6. The zero-order chi connectivity index (χ0) is 30.0. The molecule has 1 amide bonds. The number of hydrogen-bond donors (Lipinski definition) is 0.